The van der Waals surface area contributed by atoms with Gasteiger partial charge in [-0.1, -0.05) is 46.3 Å². The van der Waals surface area contributed by atoms with E-state index in [0.717, 1.165) is 21.5 Å². The summed E-state index contributed by atoms with van der Waals surface area (Å²) in [5.41, 5.74) is 0.513. The number of carbonyl (C=O) groups is 2. The molecule has 1 aliphatic rings. The number of Topliss-reactive ketones (excluding diaryl/α,β-unsaturated/α-hetero) is 1. The van der Waals surface area contributed by atoms with Crippen molar-refractivity contribution in [3.8, 4) is 11.5 Å². The number of amides is 1. The van der Waals surface area contributed by atoms with Crippen molar-refractivity contribution in [2.75, 3.05) is 12.0 Å². The lowest BCUT2D eigenvalue weighted by atomic mass is 9.95. The Hall–Kier alpha value is -3.79. The van der Waals surface area contributed by atoms with Crippen LogP contribution in [-0.4, -0.2) is 30.3 Å². The standard InChI is InChI=1S/C25H17BrF3NO5/c1-34-18-11-7-14(8-12-18)21-20(22(31)15-5-9-16(26)10-6-15)23(32)24(33)30(21)17-3-2-4-19(13-17)35-25(27,28)29/h2-13,21,31H,1H3/b22-20+. The van der Waals surface area contributed by atoms with E-state index in [1.165, 1.54) is 19.2 Å². The van der Waals surface area contributed by atoms with Gasteiger partial charge in [-0.2, -0.15) is 0 Å². The van der Waals surface area contributed by atoms with Gasteiger partial charge in [-0.3, -0.25) is 14.5 Å². The highest BCUT2D eigenvalue weighted by Crippen LogP contribution is 2.43. The lowest BCUT2D eigenvalue weighted by Gasteiger charge is -2.26. The van der Waals surface area contributed by atoms with Crippen LogP contribution in [-0.2, 0) is 9.59 Å². The maximum Gasteiger partial charge on any atom is 0.573 e. The highest BCUT2D eigenvalue weighted by molar-refractivity contribution is 9.10. The number of benzene rings is 3. The van der Waals surface area contributed by atoms with Crippen LogP contribution in [0.1, 0.15) is 17.2 Å². The van der Waals surface area contributed by atoms with Crippen LogP contribution in [0.15, 0.2) is 82.8 Å². The third-order valence-corrected chi connectivity index (χ3v) is 5.85. The highest BCUT2D eigenvalue weighted by atomic mass is 79.9. The van der Waals surface area contributed by atoms with Crippen molar-refractivity contribution in [2.24, 2.45) is 0 Å². The smallest absolute Gasteiger partial charge is 0.507 e. The summed E-state index contributed by atoms with van der Waals surface area (Å²) in [5.74, 6) is -2.44. The van der Waals surface area contributed by atoms with Crippen LogP contribution >= 0.6 is 15.9 Å². The van der Waals surface area contributed by atoms with Crippen LogP contribution in [0.5, 0.6) is 11.5 Å². The Morgan fingerprint density at radius 2 is 1.63 bits per heavy atom. The molecule has 1 N–H and O–H groups in total. The molecule has 0 spiro atoms. The summed E-state index contributed by atoms with van der Waals surface area (Å²) in [4.78, 5) is 27.3. The second-order valence-electron chi connectivity index (χ2n) is 7.49. The van der Waals surface area contributed by atoms with E-state index in [1.54, 1.807) is 48.5 Å². The summed E-state index contributed by atoms with van der Waals surface area (Å²) in [7, 11) is 1.47. The first-order chi connectivity index (χ1) is 16.6. The molecule has 10 heteroatoms. The summed E-state index contributed by atoms with van der Waals surface area (Å²) < 4.78 is 48.2. The number of ketones is 1. The number of halogens is 4. The molecule has 180 valence electrons. The van der Waals surface area contributed by atoms with E-state index in [9.17, 15) is 27.9 Å². The molecule has 0 aromatic heterocycles. The van der Waals surface area contributed by atoms with E-state index in [4.69, 9.17) is 4.74 Å². The maximum atomic E-state index is 13.1. The van der Waals surface area contributed by atoms with Crippen LogP contribution in [0.3, 0.4) is 0 Å². The van der Waals surface area contributed by atoms with Gasteiger partial charge in [-0.15, -0.1) is 13.2 Å². The van der Waals surface area contributed by atoms with E-state index in [0.29, 0.717) is 16.9 Å². The predicted molar refractivity (Wildman–Crippen MR) is 125 cm³/mol. The SMILES string of the molecule is COc1ccc(C2/C(=C(\O)c3ccc(Br)cc3)C(=O)C(=O)N2c2cccc(OC(F)(F)F)c2)cc1. The summed E-state index contributed by atoms with van der Waals surface area (Å²) in [5, 5.41) is 11.1. The van der Waals surface area contributed by atoms with Crippen molar-refractivity contribution < 1.29 is 37.3 Å². The van der Waals surface area contributed by atoms with Gasteiger partial charge in [0.1, 0.15) is 17.3 Å². The second-order valence-corrected chi connectivity index (χ2v) is 8.41. The molecule has 1 unspecified atom stereocenters. The Labute approximate surface area is 206 Å². The zero-order chi connectivity index (χ0) is 25.3. The summed E-state index contributed by atoms with van der Waals surface area (Å²) in [6.07, 6.45) is -4.94. The van der Waals surface area contributed by atoms with Crippen molar-refractivity contribution in [3.63, 3.8) is 0 Å². The van der Waals surface area contributed by atoms with Gasteiger partial charge in [-0.05, 0) is 42.0 Å². The molecular formula is C25H17BrF3NO5. The van der Waals surface area contributed by atoms with Crippen molar-refractivity contribution >= 4 is 39.1 Å². The largest absolute Gasteiger partial charge is 0.573 e. The number of carbonyl (C=O) groups excluding carboxylic acids is 2. The number of hydrogen-bond donors (Lipinski definition) is 1. The number of nitrogens with zero attached hydrogens (tertiary/aromatic N) is 1. The predicted octanol–water partition coefficient (Wildman–Crippen LogP) is 5.98. The average molecular weight is 548 g/mol. The zero-order valence-electron chi connectivity index (χ0n) is 18.0. The van der Waals surface area contributed by atoms with Gasteiger partial charge >= 0.3 is 6.36 Å². The summed E-state index contributed by atoms with van der Waals surface area (Å²) in [6.45, 7) is 0. The van der Waals surface area contributed by atoms with Crippen molar-refractivity contribution in [3.05, 3.63) is 94.0 Å². The molecule has 3 aromatic carbocycles. The molecule has 35 heavy (non-hydrogen) atoms. The molecule has 1 amide bonds. The van der Waals surface area contributed by atoms with Gasteiger partial charge < -0.3 is 14.6 Å². The monoisotopic (exact) mass is 547 g/mol. The van der Waals surface area contributed by atoms with Crippen LogP contribution in [0.4, 0.5) is 18.9 Å². The number of aliphatic hydroxyl groups is 1. The Morgan fingerprint density at radius 1 is 0.971 bits per heavy atom. The van der Waals surface area contributed by atoms with Crippen molar-refractivity contribution in [1.82, 2.24) is 0 Å². The fraction of sp³-hybridized carbons (Fsp3) is 0.120. The maximum absolute atomic E-state index is 13.1. The number of alkyl halides is 3. The summed E-state index contributed by atoms with van der Waals surface area (Å²) in [6, 6.07) is 16.5. The third-order valence-electron chi connectivity index (χ3n) is 5.32. The lowest BCUT2D eigenvalue weighted by Crippen LogP contribution is -2.29. The van der Waals surface area contributed by atoms with Gasteiger partial charge in [0.2, 0.25) is 0 Å². The van der Waals surface area contributed by atoms with E-state index in [1.807, 2.05) is 0 Å². The van der Waals surface area contributed by atoms with E-state index in [-0.39, 0.29) is 11.3 Å². The van der Waals surface area contributed by atoms with Gasteiger partial charge in [0.15, 0.2) is 0 Å². The molecule has 1 atom stereocenters. The number of aliphatic hydroxyl groups excluding tert-OH is 1. The molecule has 3 aromatic rings. The van der Waals surface area contributed by atoms with Gasteiger partial charge in [0.05, 0.1) is 18.7 Å². The first-order valence-electron chi connectivity index (χ1n) is 10.2. The number of methoxy groups -OCH3 is 1. The molecule has 6 nitrogen and oxygen atoms in total. The quantitative estimate of drug-likeness (QED) is 0.241. The molecule has 0 radical (unpaired) electrons. The highest BCUT2D eigenvalue weighted by Gasteiger charge is 2.47. The molecule has 4 rings (SSSR count). The molecule has 1 heterocycles. The molecule has 1 aliphatic heterocycles. The fourth-order valence-corrected chi connectivity index (χ4v) is 4.06. The Bertz CT molecular complexity index is 1300. The van der Waals surface area contributed by atoms with Crippen LogP contribution in [0.2, 0.25) is 0 Å². The van der Waals surface area contributed by atoms with Gasteiger partial charge in [0.25, 0.3) is 11.7 Å². The molecule has 1 saturated heterocycles. The van der Waals surface area contributed by atoms with Crippen LogP contribution in [0.25, 0.3) is 5.76 Å². The molecular weight excluding hydrogens is 531 g/mol. The second kappa shape index (κ2) is 9.46. The van der Waals surface area contributed by atoms with Crippen molar-refractivity contribution in [2.45, 2.75) is 12.4 Å². The minimum Gasteiger partial charge on any atom is -0.507 e. The van der Waals surface area contributed by atoms with E-state index >= 15 is 0 Å². The molecule has 0 saturated carbocycles. The number of ether oxygens (including phenoxy) is 2. The molecule has 0 bridgehead atoms. The van der Waals surface area contributed by atoms with Crippen molar-refractivity contribution in [1.29, 1.82) is 0 Å². The molecule has 1 fully saturated rings. The molecule has 0 aliphatic carbocycles. The van der Waals surface area contributed by atoms with Crippen LogP contribution < -0.4 is 14.4 Å². The Morgan fingerprint density at radius 3 is 2.23 bits per heavy atom. The minimum absolute atomic E-state index is 0.00970. The first-order valence-corrected chi connectivity index (χ1v) is 10.9. The normalized spacial score (nSPS) is 17.5. The lowest BCUT2D eigenvalue weighted by molar-refractivity contribution is -0.274. The average Bonchev–Trinajstić information content (AvgIpc) is 3.08. The number of hydrogen-bond acceptors (Lipinski definition) is 5. The van der Waals surface area contributed by atoms with Gasteiger partial charge in [-0.25, -0.2) is 0 Å². The first kappa shape index (κ1) is 24.3. The number of rotatable bonds is 5. The summed E-state index contributed by atoms with van der Waals surface area (Å²) >= 11 is 3.30. The zero-order valence-corrected chi connectivity index (χ0v) is 19.6. The Kier molecular flexibility index (Phi) is 6.58. The van der Waals surface area contributed by atoms with Gasteiger partial charge in [0, 0.05) is 21.8 Å². The fourth-order valence-electron chi connectivity index (χ4n) is 3.79. The van der Waals surface area contributed by atoms with Crippen LogP contribution in [0, 0.1) is 0 Å². The Balaban J connectivity index is 1.89. The third kappa shape index (κ3) is 5.02. The van der Waals surface area contributed by atoms with E-state index < -0.39 is 35.6 Å². The topological polar surface area (TPSA) is 76.1 Å². The number of anilines is 1. The van der Waals surface area contributed by atoms with E-state index in [2.05, 4.69) is 20.7 Å². The minimum atomic E-state index is -4.94.